The van der Waals surface area contributed by atoms with E-state index in [9.17, 15) is 14.4 Å². The minimum atomic E-state index is -0.313. The lowest BCUT2D eigenvalue weighted by atomic mass is 9.97. The van der Waals surface area contributed by atoms with Gasteiger partial charge in [-0.2, -0.15) is 0 Å². The first-order chi connectivity index (χ1) is 15.9. The van der Waals surface area contributed by atoms with Crippen molar-refractivity contribution in [1.82, 2.24) is 9.80 Å². The van der Waals surface area contributed by atoms with Crippen molar-refractivity contribution in [2.24, 2.45) is 5.92 Å². The molecule has 0 atom stereocenters. The Labute approximate surface area is 194 Å². The van der Waals surface area contributed by atoms with E-state index in [2.05, 4.69) is 17.1 Å². The molecule has 2 aliphatic rings. The van der Waals surface area contributed by atoms with Gasteiger partial charge < -0.3 is 15.0 Å². The Morgan fingerprint density at radius 3 is 2.33 bits per heavy atom. The highest BCUT2D eigenvalue weighted by Gasteiger charge is 2.42. The monoisotopic (exact) mass is 447 g/mol. The van der Waals surface area contributed by atoms with Gasteiger partial charge in [-0.1, -0.05) is 37.3 Å². The van der Waals surface area contributed by atoms with Crippen LogP contribution in [0.4, 0.5) is 5.69 Å². The van der Waals surface area contributed by atoms with Crippen LogP contribution in [0, 0.1) is 5.92 Å². The number of piperidine rings is 1. The van der Waals surface area contributed by atoms with Crippen LogP contribution in [0.3, 0.4) is 0 Å². The maximum atomic E-state index is 13.6. The molecule has 0 bridgehead atoms. The van der Waals surface area contributed by atoms with Gasteiger partial charge in [0.15, 0.2) is 0 Å². The number of rotatable bonds is 6. The number of carbonyl (C=O) groups excluding carboxylic acids is 3. The second-order valence-corrected chi connectivity index (χ2v) is 8.66. The van der Waals surface area contributed by atoms with Crippen molar-refractivity contribution in [3.63, 3.8) is 0 Å². The number of anilines is 1. The van der Waals surface area contributed by atoms with Crippen molar-refractivity contribution in [3.05, 3.63) is 65.4 Å². The maximum absolute atomic E-state index is 13.6. The number of methoxy groups -OCH3 is 1. The van der Waals surface area contributed by atoms with E-state index in [4.69, 9.17) is 4.74 Å². The molecule has 1 N–H and O–H groups in total. The normalized spacial score (nSPS) is 17.1. The molecule has 0 saturated carbocycles. The van der Waals surface area contributed by atoms with E-state index < -0.39 is 0 Å². The minimum absolute atomic E-state index is 0.142. The standard InChI is InChI=1S/C26H29N3O4/c1-17-12-14-28(15-13-17)24-23(19-8-10-21(11-9-19)27-18(2)30)25(31)29(26(24)32)16-20-6-4-5-7-22(20)33-3/h4-11,17H,12-16H2,1-3H3,(H,27,30). The highest BCUT2D eigenvalue weighted by atomic mass is 16.5. The van der Waals surface area contributed by atoms with Crippen LogP contribution in [0.5, 0.6) is 5.75 Å². The minimum Gasteiger partial charge on any atom is -0.496 e. The molecule has 0 unspecified atom stereocenters. The first-order valence-electron chi connectivity index (χ1n) is 11.2. The molecule has 2 heterocycles. The SMILES string of the molecule is COc1ccccc1CN1C(=O)C(c2ccc(NC(C)=O)cc2)=C(N2CCC(C)CC2)C1=O. The predicted octanol–water partition coefficient (Wildman–Crippen LogP) is 3.67. The number of carbonyl (C=O) groups is 3. The Bertz CT molecular complexity index is 1100. The Balaban J connectivity index is 1.71. The number of benzene rings is 2. The number of nitrogens with one attached hydrogen (secondary N) is 1. The number of imide groups is 1. The third kappa shape index (κ3) is 4.62. The summed E-state index contributed by atoms with van der Waals surface area (Å²) in [7, 11) is 1.58. The van der Waals surface area contributed by atoms with Crippen LogP contribution >= 0.6 is 0 Å². The van der Waals surface area contributed by atoms with Crippen molar-refractivity contribution >= 4 is 29.0 Å². The summed E-state index contributed by atoms with van der Waals surface area (Å²) in [6, 6.07) is 14.5. The maximum Gasteiger partial charge on any atom is 0.278 e. The topological polar surface area (TPSA) is 79.0 Å². The van der Waals surface area contributed by atoms with Crippen LogP contribution in [0.25, 0.3) is 5.57 Å². The van der Waals surface area contributed by atoms with Crippen LogP contribution in [0.15, 0.2) is 54.2 Å². The molecule has 2 aliphatic heterocycles. The summed E-state index contributed by atoms with van der Waals surface area (Å²) < 4.78 is 5.43. The van der Waals surface area contributed by atoms with E-state index in [1.165, 1.54) is 11.8 Å². The van der Waals surface area contributed by atoms with Crippen molar-refractivity contribution in [2.75, 3.05) is 25.5 Å². The van der Waals surface area contributed by atoms with Crippen molar-refractivity contribution in [1.29, 1.82) is 0 Å². The van der Waals surface area contributed by atoms with Gasteiger partial charge in [-0.15, -0.1) is 0 Å². The van der Waals surface area contributed by atoms with Gasteiger partial charge in [0.05, 0.1) is 19.2 Å². The largest absolute Gasteiger partial charge is 0.496 e. The molecule has 0 aliphatic carbocycles. The number of hydrogen-bond donors (Lipinski definition) is 1. The molecule has 0 aromatic heterocycles. The van der Waals surface area contributed by atoms with Gasteiger partial charge in [0.25, 0.3) is 11.8 Å². The molecule has 172 valence electrons. The second-order valence-electron chi connectivity index (χ2n) is 8.66. The molecule has 1 fully saturated rings. The molecule has 2 aromatic carbocycles. The first-order valence-corrected chi connectivity index (χ1v) is 11.2. The number of nitrogens with zero attached hydrogens (tertiary/aromatic N) is 2. The highest BCUT2D eigenvalue weighted by Crippen LogP contribution is 2.35. The summed E-state index contributed by atoms with van der Waals surface area (Å²) in [4.78, 5) is 41.9. The molecule has 4 rings (SSSR count). The van der Waals surface area contributed by atoms with E-state index in [1.54, 1.807) is 31.4 Å². The molecule has 0 spiro atoms. The Morgan fingerprint density at radius 2 is 1.70 bits per heavy atom. The Kier molecular flexibility index (Phi) is 6.49. The number of para-hydroxylation sites is 1. The fourth-order valence-electron chi connectivity index (χ4n) is 4.42. The predicted molar refractivity (Wildman–Crippen MR) is 126 cm³/mol. The van der Waals surface area contributed by atoms with Gasteiger partial charge in [0, 0.05) is 31.3 Å². The zero-order valence-electron chi connectivity index (χ0n) is 19.3. The number of likely N-dealkylation sites (tertiary alicyclic amines) is 1. The average molecular weight is 448 g/mol. The summed E-state index contributed by atoms with van der Waals surface area (Å²) in [5.41, 5.74) is 2.96. The van der Waals surface area contributed by atoms with Crippen molar-refractivity contribution in [2.45, 2.75) is 33.2 Å². The molecule has 0 radical (unpaired) electrons. The zero-order valence-corrected chi connectivity index (χ0v) is 19.3. The lowest BCUT2D eigenvalue weighted by molar-refractivity contribution is -0.138. The van der Waals surface area contributed by atoms with E-state index in [-0.39, 0.29) is 24.3 Å². The molecule has 3 amide bonds. The van der Waals surface area contributed by atoms with E-state index in [0.717, 1.165) is 31.5 Å². The summed E-state index contributed by atoms with van der Waals surface area (Å²) >= 11 is 0. The number of hydrogen-bond acceptors (Lipinski definition) is 5. The smallest absolute Gasteiger partial charge is 0.278 e. The van der Waals surface area contributed by atoms with E-state index in [1.807, 2.05) is 24.3 Å². The fraction of sp³-hybridized carbons (Fsp3) is 0.346. The molecule has 7 heteroatoms. The van der Waals surface area contributed by atoms with E-state index in [0.29, 0.717) is 34.2 Å². The van der Waals surface area contributed by atoms with Crippen molar-refractivity contribution < 1.29 is 19.1 Å². The van der Waals surface area contributed by atoms with Crippen LogP contribution in [0.1, 0.15) is 37.8 Å². The Morgan fingerprint density at radius 1 is 1.03 bits per heavy atom. The lowest BCUT2D eigenvalue weighted by Crippen LogP contribution is -2.38. The summed E-state index contributed by atoms with van der Waals surface area (Å²) in [6.07, 6.45) is 1.96. The molecule has 7 nitrogen and oxygen atoms in total. The average Bonchev–Trinajstić information content (AvgIpc) is 3.05. The van der Waals surface area contributed by atoms with Gasteiger partial charge in [0.1, 0.15) is 11.4 Å². The molecular formula is C26H29N3O4. The van der Waals surface area contributed by atoms with Gasteiger partial charge in [-0.05, 0) is 42.5 Å². The highest BCUT2D eigenvalue weighted by molar-refractivity contribution is 6.35. The summed E-state index contributed by atoms with van der Waals surface area (Å²) in [5, 5.41) is 2.73. The fourth-order valence-corrected chi connectivity index (χ4v) is 4.42. The van der Waals surface area contributed by atoms with Crippen LogP contribution in [-0.4, -0.2) is 47.7 Å². The van der Waals surface area contributed by atoms with Gasteiger partial charge >= 0.3 is 0 Å². The Hall–Kier alpha value is -3.61. The molecule has 33 heavy (non-hydrogen) atoms. The first kappa shape index (κ1) is 22.6. The number of ether oxygens (including phenoxy) is 1. The van der Waals surface area contributed by atoms with Crippen LogP contribution in [-0.2, 0) is 20.9 Å². The molecule has 1 saturated heterocycles. The van der Waals surface area contributed by atoms with Gasteiger partial charge in [-0.25, -0.2) is 0 Å². The molecule has 2 aromatic rings. The third-order valence-electron chi connectivity index (χ3n) is 6.26. The van der Waals surface area contributed by atoms with E-state index >= 15 is 0 Å². The number of amides is 3. The summed E-state index contributed by atoms with van der Waals surface area (Å²) in [5.74, 6) is 0.479. The van der Waals surface area contributed by atoms with Gasteiger partial charge in [-0.3, -0.25) is 19.3 Å². The van der Waals surface area contributed by atoms with Crippen molar-refractivity contribution in [3.8, 4) is 5.75 Å². The zero-order chi connectivity index (χ0) is 23.5. The quantitative estimate of drug-likeness (QED) is 0.684. The lowest BCUT2D eigenvalue weighted by Gasteiger charge is -2.32. The van der Waals surface area contributed by atoms with Crippen LogP contribution in [0.2, 0.25) is 0 Å². The molecular weight excluding hydrogens is 418 g/mol. The van der Waals surface area contributed by atoms with Gasteiger partial charge in [0.2, 0.25) is 5.91 Å². The summed E-state index contributed by atoms with van der Waals surface area (Å²) in [6.45, 7) is 5.28. The second kappa shape index (κ2) is 9.48. The third-order valence-corrected chi connectivity index (χ3v) is 6.26. The van der Waals surface area contributed by atoms with Crippen LogP contribution < -0.4 is 10.1 Å².